The third-order valence-corrected chi connectivity index (χ3v) is 5.56. The molecule has 3 aromatic rings. The van der Waals surface area contributed by atoms with Crippen molar-refractivity contribution < 1.29 is 8.42 Å². The second kappa shape index (κ2) is 6.70. The minimum absolute atomic E-state index is 0.405. The maximum atomic E-state index is 11.5. The fraction of sp³-hybridized carbons (Fsp3) is 0.294. The number of aromatic nitrogens is 2. The lowest BCUT2D eigenvalue weighted by atomic mass is 10.1. The molecule has 6 nitrogen and oxygen atoms in total. The van der Waals surface area contributed by atoms with E-state index < -0.39 is 15.6 Å². The summed E-state index contributed by atoms with van der Waals surface area (Å²) in [5, 5.41) is 4.18. The van der Waals surface area contributed by atoms with Crippen molar-refractivity contribution in [3.05, 3.63) is 42.7 Å². The molecule has 25 heavy (non-hydrogen) atoms. The normalized spacial score (nSPS) is 12.4. The van der Waals surface area contributed by atoms with Gasteiger partial charge in [0.1, 0.15) is 17.0 Å². The molecule has 3 rings (SSSR count). The van der Waals surface area contributed by atoms with Crippen molar-refractivity contribution in [2.75, 3.05) is 18.1 Å². The van der Waals surface area contributed by atoms with Crippen LogP contribution in [0.15, 0.2) is 42.7 Å². The first-order chi connectivity index (χ1) is 11.7. The van der Waals surface area contributed by atoms with Crippen LogP contribution in [0.2, 0.25) is 0 Å². The van der Waals surface area contributed by atoms with E-state index in [9.17, 15) is 8.42 Å². The second-order valence-corrected chi connectivity index (χ2v) is 9.31. The van der Waals surface area contributed by atoms with E-state index in [4.69, 9.17) is 0 Å². The summed E-state index contributed by atoms with van der Waals surface area (Å²) < 4.78 is 25.5. The van der Waals surface area contributed by atoms with Crippen LogP contribution >= 0.6 is 11.3 Å². The molecule has 2 N–H and O–H groups in total. The molecule has 0 saturated heterocycles. The Hall–Kier alpha value is -2.03. The van der Waals surface area contributed by atoms with Crippen LogP contribution < -0.4 is 10.0 Å². The predicted molar refractivity (Wildman–Crippen MR) is 103 cm³/mol. The average molecular weight is 377 g/mol. The van der Waals surface area contributed by atoms with E-state index >= 15 is 0 Å². The number of nitrogens with one attached hydrogen (secondary N) is 2. The van der Waals surface area contributed by atoms with Gasteiger partial charge in [0.15, 0.2) is 0 Å². The summed E-state index contributed by atoms with van der Waals surface area (Å²) in [5.74, 6) is 0.701. The molecule has 0 amide bonds. The molecule has 0 bridgehead atoms. The molecule has 2 heterocycles. The molecule has 0 aliphatic carbocycles. The van der Waals surface area contributed by atoms with Crippen LogP contribution in [-0.2, 0) is 10.0 Å². The van der Waals surface area contributed by atoms with Gasteiger partial charge in [-0.05, 0) is 25.5 Å². The minimum atomic E-state index is -3.28. The van der Waals surface area contributed by atoms with Crippen LogP contribution in [0.1, 0.15) is 13.8 Å². The molecular formula is C17H20N4O2S2. The number of hydrogen-bond donors (Lipinski definition) is 2. The van der Waals surface area contributed by atoms with Gasteiger partial charge >= 0.3 is 0 Å². The van der Waals surface area contributed by atoms with Crippen LogP contribution in [0.3, 0.4) is 0 Å². The standard InChI is InChI=1S/C17H20N4O2S2/c1-17(2,21-25(3,22)23)10-18-15-13-9-14(12-7-5-4-6-8-12)24-16(13)20-11-19-15/h4-9,11,21H,10H2,1-3H3,(H,18,19,20). The highest BCUT2D eigenvalue weighted by molar-refractivity contribution is 7.88. The molecule has 1 aromatic carbocycles. The fourth-order valence-corrected chi connectivity index (χ4v) is 4.66. The van der Waals surface area contributed by atoms with Gasteiger partial charge < -0.3 is 5.32 Å². The average Bonchev–Trinajstić information content (AvgIpc) is 2.96. The monoisotopic (exact) mass is 376 g/mol. The van der Waals surface area contributed by atoms with Gasteiger partial charge in [-0.3, -0.25) is 0 Å². The van der Waals surface area contributed by atoms with Gasteiger partial charge in [-0.2, -0.15) is 0 Å². The summed E-state index contributed by atoms with van der Waals surface area (Å²) in [6.07, 6.45) is 2.68. The Bertz CT molecular complexity index is 982. The topological polar surface area (TPSA) is 84.0 Å². The Balaban J connectivity index is 1.86. The molecule has 132 valence electrons. The number of sulfonamides is 1. The largest absolute Gasteiger partial charge is 0.368 e. The maximum absolute atomic E-state index is 11.5. The predicted octanol–water partition coefficient (Wildman–Crippen LogP) is 3.10. The number of anilines is 1. The minimum Gasteiger partial charge on any atom is -0.368 e. The molecule has 0 aliphatic rings. The van der Waals surface area contributed by atoms with Crippen molar-refractivity contribution in [3.63, 3.8) is 0 Å². The van der Waals surface area contributed by atoms with Crippen molar-refractivity contribution >= 4 is 37.4 Å². The molecule has 0 unspecified atom stereocenters. The number of thiophene rings is 1. The lowest BCUT2D eigenvalue weighted by Gasteiger charge is -2.25. The number of fused-ring (bicyclic) bond motifs is 1. The molecule has 0 fully saturated rings. The van der Waals surface area contributed by atoms with Gasteiger partial charge in [0, 0.05) is 17.0 Å². The number of nitrogens with zero attached hydrogens (tertiary/aromatic N) is 2. The van der Waals surface area contributed by atoms with Gasteiger partial charge in [-0.1, -0.05) is 30.3 Å². The molecule has 8 heteroatoms. The summed E-state index contributed by atoms with van der Waals surface area (Å²) in [6, 6.07) is 12.2. The Morgan fingerprint density at radius 3 is 2.56 bits per heavy atom. The molecule has 0 atom stereocenters. The summed E-state index contributed by atoms with van der Waals surface area (Å²) in [4.78, 5) is 10.7. The van der Waals surface area contributed by atoms with E-state index in [0.29, 0.717) is 12.4 Å². The molecular weight excluding hydrogens is 356 g/mol. The summed E-state index contributed by atoms with van der Waals surface area (Å²) in [5.41, 5.74) is 0.499. The second-order valence-electron chi connectivity index (χ2n) is 6.53. The first-order valence-corrected chi connectivity index (χ1v) is 10.5. The van der Waals surface area contributed by atoms with Crippen molar-refractivity contribution in [2.45, 2.75) is 19.4 Å². The summed E-state index contributed by atoms with van der Waals surface area (Å²) in [7, 11) is -3.28. The molecule has 2 aromatic heterocycles. The number of rotatable bonds is 6. The Morgan fingerprint density at radius 1 is 1.16 bits per heavy atom. The van der Waals surface area contributed by atoms with Crippen LogP contribution in [0.25, 0.3) is 20.7 Å². The van der Waals surface area contributed by atoms with E-state index in [-0.39, 0.29) is 0 Å². The smallest absolute Gasteiger partial charge is 0.209 e. The lowest BCUT2D eigenvalue weighted by molar-refractivity contribution is 0.476. The Morgan fingerprint density at radius 2 is 1.88 bits per heavy atom. The van der Waals surface area contributed by atoms with Crippen molar-refractivity contribution in [3.8, 4) is 10.4 Å². The van der Waals surface area contributed by atoms with Crippen LogP contribution in [-0.4, -0.2) is 36.7 Å². The van der Waals surface area contributed by atoms with Gasteiger partial charge in [-0.15, -0.1) is 11.3 Å². The molecule has 0 aliphatic heterocycles. The first-order valence-electron chi connectivity index (χ1n) is 7.76. The van der Waals surface area contributed by atoms with Gasteiger partial charge in [0.2, 0.25) is 10.0 Å². The Kier molecular flexibility index (Phi) is 4.77. The van der Waals surface area contributed by atoms with Crippen molar-refractivity contribution in [1.82, 2.24) is 14.7 Å². The van der Waals surface area contributed by atoms with E-state index in [1.54, 1.807) is 11.3 Å². The van der Waals surface area contributed by atoms with Gasteiger partial charge in [0.05, 0.1) is 11.6 Å². The first kappa shape index (κ1) is 17.8. The maximum Gasteiger partial charge on any atom is 0.209 e. The van der Waals surface area contributed by atoms with E-state index in [1.165, 1.54) is 6.33 Å². The van der Waals surface area contributed by atoms with Gasteiger partial charge in [-0.25, -0.2) is 23.1 Å². The zero-order chi connectivity index (χ0) is 18.1. The Labute approximate surface area is 151 Å². The third-order valence-electron chi connectivity index (χ3n) is 3.55. The zero-order valence-electron chi connectivity index (χ0n) is 14.3. The fourth-order valence-electron chi connectivity index (χ4n) is 2.58. The lowest BCUT2D eigenvalue weighted by Crippen LogP contribution is -2.47. The van der Waals surface area contributed by atoms with Crippen LogP contribution in [0.5, 0.6) is 0 Å². The number of hydrogen-bond acceptors (Lipinski definition) is 6. The van der Waals surface area contributed by atoms with E-state index in [0.717, 1.165) is 26.9 Å². The van der Waals surface area contributed by atoms with Gasteiger partial charge in [0.25, 0.3) is 0 Å². The van der Waals surface area contributed by atoms with Crippen LogP contribution in [0.4, 0.5) is 5.82 Å². The summed E-state index contributed by atoms with van der Waals surface area (Å²) in [6.45, 7) is 4.05. The highest BCUT2D eigenvalue weighted by Crippen LogP contribution is 2.34. The third kappa shape index (κ3) is 4.53. The number of benzene rings is 1. The van der Waals surface area contributed by atoms with Crippen molar-refractivity contribution in [1.29, 1.82) is 0 Å². The SMILES string of the molecule is CC(C)(CNc1ncnc2sc(-c3ccccc3)cc12)NS(C)(=O)=O. The molecule has 0 saturated carbocycles. The molecule has 0 radical (unpaired) electrons. The summed E-state index contributed by atoms with van der Waals surface area (Å²) >= 11 is 1.61. The highest BCUT2D eigenvalue weighted by Gasteiger charge is 2.22. The van der Waals surface area contributed by atoms with Crippen molar-refractivity contribution in [2.24, 2.45) is 0 Å². The van der Waals surface area contributed by atoms with E-state index in [2.05, 4.69) is 38.2 Å². The highest BCUT2D eigenvalue weighted by atomic mass is 32.2. The van der Waals surface area contributed by atoms with Crippen LogP contribution in [0, 0.1) is 0 Å². The van der Waals surface area contributed by atoms with E-state index in [1.807, 2.05) is 32.0 Å². The quantitative estimate of drug-likeness (QED) is 0.691. The zero-order valence-corrected chi connectivity index (χ0v) is 15.9. The molecule has 0 spiro atoms.